The lowest BCUT2D eigenvalue weighted by atomic mass is 9.94. The van der Waals surface area contributed by atoms with Crippen molar-refractivity contribution < 1.29 is 4.74 Å². The first-order valence-corrected chi connectivity index (χ1v) is 6.50. The highest BCUT2D eigenvalue weighted by atomic mass is 79.9. The summed E-state index contributed by atoms with van der Waals surface area (Å²) in [7, 11) is 0. The van der Waals surface area contributed by atoms with Crippen LogP contribution in [-0.4, -0.2) is 17.1 Å². The first-order chi connectivity index (χ1) is 7.65. The van der Waals surface area contributed by atoms with Crippen LogP contribution >= 0.6 is 15.9 Å². The molecule has 1 heterocycles. The molecule has 1 aliphatic rings. The smallest absolute Gasteiger partial charge is 0.213 e. The highest BCUT2D eigenvalue weighted by Crippen LogP contribution is 2.23. The van der Waals surface area contributed by atoms with E-state index in [4.69, 9.17) is 10.5 Å². The molecule has 1 aromatic heterocycles. The van der Waals surface area contributed by atoms with Crippen LogP contribution in [0.15, 0.2) is 16.6 Å². The molecule has 0 radical (unpaired) electrons. The van der Waals surface area contributed by atoms with E-state index in [-0.39, 0.29) is 6.10 Å². The predicted molar refractivity (Wildman–Crippen MR) is 67.5 cm³/mol. The summed E-state index contributed by atoms with van der Waals surface area (Å²) in [6.45, 7) is 1.97. The molecular formula is C12H17BrN2O. The van der Waals surface area contributed by atoms with E-state index < -0.39 is 0 Å². The summed E-state index contributed by atoms with van der Waals surface area (Å²) >= 11 is 3.43. The van der Waals surface area contributed by atoms with Gasteiger partial charge < -0.3 is 10.5 Å². The Kier molecular flexibility index (Phi) is 3.82. The molecule has 0 atom stereocenters. The van der Waals surface area contributed by atoms with Crippen LogP contribution in [0.2, 0.25) is 0 Å². The van der Waals surface area contributed by atoms with Crippen molar-refractivity contribution in [2.75, 3.05) is 0 Å². The molecule has 1 aromatic rings. The van der Waals surface area contributed by atoms with Gasteiger partial charge in [0.05, 0.1) is 5.69 Å². The molecule has 0 aromatic carbocycles. The van der Waals surface area contributed by atoms with Gasteiger partial charge in [-0.1, -0.05) is 0 Å². The number of nitrogens with two attached hydrogens (primary N) is 1. The van der Waals surface area contributed by atoms with Gasteiger partial charge in [0.2, 0.25) is 5.88 Å². The molecular weight excluding hydrogens is 268 g/mol. The second-order valence-electron chi connectivity index (χ2n) is 4.37. The number of hydrogen-bond donors (Lipinski definition) is 1. The predicted octanol–water partition coefficient (Wildman–Crippen LogP) is 2.80. The van der Waals surface area contributed by atoms with Gasteiger partial charge in [-0.2, -0.15) is 0 Å². The molecule has 16 heavy (non-hydrogen) atoms. The summed E-state index contributed by atoms with van der Waals surface area (Å²) < 4.78 is 6.87. The fraction of sp³-hybridized carbons (Fsp3) is 0.583. The van der Waals surface area contributed by atoms with Crippen LogP contribution in [0, 0.1) is 6.92 Å². The van der Waals surface area contributed by atoms with Crippen molar-refractivity contribution in [1.82, 2.24) is 4.98 Å². The van der Waals surface area contributed by atoms with Gasteiger partial charge in [-0.3, -0.25) is 0 Å². The molecule has 1 aliphatic carbocycles. The first kappa shape index (κ1) is 11.9. The normalized spacial score (nSPS) is 25.4. The Morgan fingerprint density at radius 3 is 2.62 bits per heavy atom. The average molecular weight is 285 g/mol. The first-order valence-electron chi connectivity index (χ1n) is 5.70. The topological polar surface area (TPSA) is 48.1 Å². The largest absolute Gasteiger partial charge is 0.474 e. The number of aromatic nitrogens is 1. The van der Waals surface area contributed by atoms with Crippen molar-refractivity contribution in [2.45, 2.75) is 44.8 Å². The molecule has 3 nitrogen and oxygen atoms in total. The van der Waals surface area contributed by atoms with Gasteiger partial charge in [0, 0.05) is 16.6 Å². The van der Waals surface area contributed by atoms with E-state index in [0.29, 0.717) is 6.04 Å². The Balaban J connectivity index is 1.96. The van der Waals surface area contributed by atoms with Crippen LogP contribution in [0.3, 0.4) is 0 Å². The lowest BCUT2D eigenvalue weighted by Crippen LogP contribution is -2.31. The second-order valence-corrected chi connectivity index (χ2v) is 5.23. The second kappa shape index (κ2) is 5.15. The maximum Gasteiger partial charge on any atom is 0.213 e. The summed E-state index contributed by atoms with van der Waals surface area (Å²) in [5.41, 5.74) is 6.82. The zero-order chi connectivity index (χ0) is 11.5. The van der Waals surface area contributed by atoms with E-state index >= 15 is 0 Å². The van der Waals surface area contributed by atoms with Crippen molar-refractivity contribution in [3.05, 3.63) is 22.3 Å². The minimum Gasteiger partial charge on any atom is -0.474 e. The molecule has 0 aliphatic heterocycles. The van der Waals surface area contributed by atoms with Gasteiger partial charge >= 0.3 is 0 Å². The van der Waals surface area contributed by atoms with Gasteiger partial charge in [-0.25, -0.2) is 4.98 Å². The lowest BCUT2D eigenvalue weighted by Gasteiger charge is -2.26. The summed E-state index contributed by atoms with van der Waals surface area (Å²) in [6.07, 6.45) is 4.48. The van der Waals surface area contributed by atoms with Gasteiger partial charge in [-0.15, -0.1) is 0 Å². The fourth-order valence-electron chi connectivity index (χ4n) is 1.96. The van der Waals surface area contributed by atoms with E-state index in [9.17, 15) is 0 Å². The van der Waals surface area contributed by atoms with Crippen molar-refractivity contribution >= 4 is 15.9 Å². The number of aryl methyl sites for hydroxylation is 1. The van der Waals surface area contributed by atoms with Crippen molar-refractivity contribution in [1.29, 1.82) is 0 Å². The summed E-state index contributed by atoms with van der Waals surface area (Å²) in [6, 6.07) is 4.25. The van der Waals surface area contributed by atoms with Gasteiger partial charge in [0.25, 0.3) is 0 Å². The van der Waals surface area contributed by atoms with Crippen LogP contribution < -0.4 is 10.5 Å². The summed E-state index contributed by atoms with van der Waals surface area (Å²) in [5, 5.41) is 0. The maximum atomic E-state index is 5.86. The third-order valence-corrected chi connectivity index (χ3v) is 3.84. The molecule has 0 unspecified atom stereocenters. The highest BCUT2D eigenvalue weighted by Gasteiger charge is 2.20. The Labute approximate surface area is 105 Å². The van der Waals surface area contributed by atoms with E-state index in [1.54, 1.807) is 0 Å². The Morgan fingerprint density at radius 1 is 1.31 bits per heavy atom. The molecule has 4 heteroatoms. The number of hydrogen-bond acceptors (Lipinski definition) is 3. The standard InChI is InChI=1S/C12H17BrN2O/c1-8-11(13)6-7-12(15-8)16-10-4-2-9(14)3-5-10/h6-7,9-10H,2-5,14H2,1H3. The van der Waals surface area contributed by atoms with E-state index in [1.165, 1.54) is 0 Å². The SMILES string of the molecule is Cc1nc(OC2CCC(N)CC2)ccc1Br. The molecule has 2 N–H and O–H groups in total. The molecule has 0 amide bonds. The Hall–Kier alpha value is -0.610. The third kappa shape index (κ3) is 2.95. The molecule has 1 saturated carbocycles. The van der Waals surface area contributed by atoms with E-state index in [2.05, 4.69) is 20.9 Å². The molecule has 0 bridgehead atoms. The van der Waals surface area contributed by atoms with Crippen LogP contribution in [-0.2, 0) is 0 Å². The molecule has 1 fully saturated rings. The van der Waals surface area contributed by atoms with Crippen LogP contribution in [0.1, 0.15) is 31.4 Å². The molecule has 88 valence electrons. The molecule has 2 rings (SSSR count). The Bertz CT molecular complexity index is 362. The summed E-state index contributed by atoms with van der Waals surface area (Å²) in [4.78, 5) is 4.39. The van der Waals surface area contributed by atoms with Crippen molar-refractivity contribution in [2.24, 2.45) is 5.73 Å². The van der Waals surface area contributed by atoms with Crippen molar-refractivity contribution in [3.63, 3.8) is 0 Å². The number of halogens is 1. The monoisotopic (exact) mass is 284 g/mol. The number of nitrogens with zero attached hydrogens (tertiary/aromatic N) is 1. The minimum absolute atomic E-state index is 0.285. The third-order valence-electron chi connectivity index (χ3n) is 3.00. The maximum absolute atomic E-state index is 5.86. The fourth-order valence-corrected chi connectivity index (χ4v) is 2.18. The quantitative estimate of drug-likeness (QED) is 0.909. The van der Waals surface area contributed by atoms with Crippen LogP contribution in [0.4, 0.5) is 0 Å². The number of rotatable bonds is 2. The number of pyridine rings is 1. The van der Waals surface area contributed by atoms with Crippen LogP contribution in [0.5, 0.6) is 5.88 Å². The van der Waals surface area contributed by atoms with Gasteiger partial charge in [-0.05, 0) is 54.6 Å². The molecule has 0 saturated heterocycles. The van der Waals surface area contributed by atoms with E-state index in [0.717, 1.165) is 41.7 Å². The van der Waals surface area contributed by atoms with Gasteiger partial charge in [0.15, 0.2) is 0 Å². The zero-order valence-electron chi connectivity index (χ0n) is 9.45. The highest BCUT2D eigenvalue weighted by molar-refractivity contribution is 9.10. The lowest BCUT2D eigenvalue weighted by molar-refractivity contribution is 0.141. The minimum atomic E-state index is 0.285. The van der Waals surface area contributed by atoms with Crippen molar-refractivity contribution in [3.8, 4) is 5.88 Å². The van der Waals surface area contributed by atoms with E-state index in [1.807, 2.05) is 19.1 Å². The molecule has 0 spiro atoms. The van der Waals surface area contributed by atoms with Crippen LogP contribution in [0.25, 0.3) is 0 Å². The average Bonchev–Trinajstić information content (AvgIpc) is 2.27. The summed E-state index contributed by atoms with van der Waals surface area (Å²) in [5.74, 6) is 0.723. The number of ether oxygens (including phenoxy) is 1. The van der Waals surface area contributed by atoms with Gasteiger partial charge in [0.1, 0.15) is 6.10 Å². The Morgan fingerprint density at radius 2 is 2.00 bits per heavy atom. The zero-order valence-corrected chi connectivity index (χ0v) is 11.0.